The summed E-state index contributed by atoms with van der Waals surface area (Å²) in [6.45, 7) is 3.42. The molecule has 0 aliphatic carbocycles. The van der Waals surface area contributed by atoms with Crippen molar-refractivity contribution in [1.29, 1.82) is 0 Å². The van der Waals surface area contributed by atoms with Crippen LogP contribution in [-0.2, 0) is 13.0 Å². The highest BCUT2D eigenvalue weighted by Gasteiger charge is 2.16. The van der Waals surface area contributed by atoms with Crippen LogP contribution in [-0.4, -0.2) is 35.6 Å². The Balaban J connectivity index is 2.19. The van der Waals surface area contributed by atoms with Crippen molar-refractivity contribution in [2.75, 3.05) is 19.6 Å². The lowest BCUT2D eigenvalue weighted by Crippen LogP contribution is -2.34. The summed E-state index contributed by atoms with van der Waals surface area (Å²) in [5.74, 6) is -0.854. The third kappa shape index (κ3) is 2.23. The van der Waals surface area contributed by atoms with Gasteiger partial charge in [-0.15, -0.1) is 0 Å². The van der Waals surface area contributed by atoms with Crippen molar-refractivity contribution < 1.29 is 9.90 Å². The maximum atomic E-state index is 10.8. The van der Waals surface area contributed by atoms with Gasteiger partial charge >= 0.3 is 5.97 Å². The van der Waals surface area contributed by atoms with E-state index in [0.29, 0.717) is 12.1 Å². The fraction of sp³-hybridized carbons (Fsp3) is 0.417. The van der Waals surface area contributed by atoms with Gasteiger partial charge in [-0.2, -0.15) is 0 Å². The number of nitrogens with zero attached hydrogens (tertiary/aromatic N) is 1. The van der Waals surface area contributed by atoms with Gasteiger partial charge in [0.2, 0.25) is 0 Å². The Bertz CT molecular complexity index is 404. The normalized spacial score (nSPS) is 15.8. The van der Waals surface area contributed by atoms with Crippen molar-refractivity contribution in [3.63, 3.8) is 0 Å². The van der Waals surface area contributed by atoms with Crippen LogP contribution in [0.1, 0.15) is 21.5 Å². The molecule has 0 amide bonds. The lowest BCUT2D eigenvalue weighted by Gasteiger charge is -2.28. The van der Waals surface area contributed by atoms with Gasteiger partial charge in [-0.25, -0.2) is 4.79 Å². The molecule has 86 valence electrons. The number of carbonyl (C=O) groups is 1. The smallest absolute Gasteiger partial charge is 0.335 e. The number of benzene rings is 1. The SMILES string of the molecule is NCCN1CCc2cc(C(=O)O)ccc2C1. The first kappa shape index (κ1) is 11.1. The highest BCUT2D eigenvalue weighted by atomic mass is 16.4. The van der Waals surface area contributed by atoms with Gasteiger partial charge in [0.15, 0.2) is 0 Å². The molecular weight excluding hydrogens is 204 g/mol. The summed E-state index contributed by atoms with van der Waals surface area (Å²) < 4.78 is 0. The van der Waals surface area contributed by atoms with Gasteiger partial charge in [0.05, 0.1) is 5.56 Å². The lowest BCUT2D eigenvalue weighted by molar-refractivity contribution is 0.0696. The second kappa shape index (κ2) is 4.63. The zero-order chi connectivity index (χ0) is 11.5. The topological polar surface area (TPSA) is 66.6 Å². The Kier molecular flexibility index (Phi) is 3.22. The van der Waals surface area contributed by atoms with Gasteiger partial charge in [0, 0.05) is 26.2 Å². The second-order valence-electron chi connectivity index (χ2n) is 4.10. The van der Waals surface area contributed by atoms with Crippen LogP contribution in [0.3, 0.4) is 0 Å². The number of carboxylic acids is 1. The molecule has 0 saturated carbocycles. The molecule has 3 N–H and O–H groups in total. The molecule has 1 aromatic carbocycles. The van der Waals surface area contributed by atoms with Gasteiger partial charge in [0.25, 0.3) is 0 Å². The van der Waals surface area contributed by atoms with Gasteiger partial charge < -0.3 is 10.8 Å². The average Bonchev–Trinajstić information content (AvgIpc) is 2.28. The van der Waals surface area contributed by atoms with Crippen molar-refractivity contribution >= 4 is 5.97 Å². The minimum absolute atomic E-state index is 0.381. The zero-order valence-electron chi connectivity index (χ0n) is 9.15. The minimum Gasteiger partial charge on any atom is -0.478 e. The largest absolute Gasteiger partial charge is 0.478 e. The quantitative estimate of drug-likeness (QED) is 0.787. The molecule has 0 radical (unpaired) electrons. The molecule has 1 aliphatic heterocycles. The number of nitrogens with two attached hydrogens (primary N) is 1. The Morgan fingerprint density at radius 3 is 2.94 bits per heavy atom. The number of rotatable bonds is 3. The predicted octanol–water partition coefficient (Wildman–Crippen LogP) is 0.702. The van der Waals surface area contributed by atoms with Gasteiger partial charge in [-0.3, -0.25) is 4.90 Å². The van der Waals surface area contributed by atoms with E-state index in [-0.39, 0.29) is 0 Å². The van der Waals surface area contributed by atoms with Crippen LogP contribution in [0.5, 0.6) is 0 Å². The lowest BCUT2D eigenvalue weighted by atomic mass is 9.97. The summed E-state index contributed by atoms with van der Waals surface area (Å²) in [5.41, 5.74) is 8.29. The summed E-state index contributed by atoms with van der Waals surface area (Å²) in [5, 5.41) is 8.90. The molecule has 0 spiro atoms. The Morgan fingerprint density at radius 2 is 2.25 bits per heavy atom. The van der Waals surface area contributed by atoms with Crippen LogP contribution < -0.4 is 5.73 Å². The Labute approximate surface area is 94.7 Å². The van der Waals surface area contributed by atoms with E-state index < -0.39 is 5.97 Å². The summed E-state index contributed by atoms with van der Waals surface area (Å²) in [6.07, 6.45) is 0.913. The van der Waals surface area contributed by atoms with E-state index in [1.165, 1.54) is 5.56 Å². The monoisotopic (exact) mass is 220 g/mol. The van der Waals surface area contributed by atoms with E-state index >= 15 is 0 Å². The highest BCUT2D eigenvalue weighted by molar-refractivity contribution is 5.87. The maximum Gasteiger partial charge on any atom is 0.335 e. The number of carboxylic acid groups (broad SMARTS) is 1. The van der Waals surface area contributed by atoms with Crippen LogP contribution in [0.25, 0.3) is 0 Å². The third-order valence-electron chi connectivity index (χ3n) is 2.99. The zero-order valence-corrected chi connectivity index (χ0v) is 9.15. The molecule has 4 nitrogen and oxygen atoms in total. The van der Waals surface area contributed by atoms with Gasteiger partial charge in [0.1, 0.15) is 0 Å². The predicted molar refractivity (Wildman–Crippen MR) is 61.4 cm³/mol. The molecule has 4 heteroatoms. The molecule has 1 aromatic rings. The van der Waals surface area contributed by atoms with Crippen molar-refractivity contribution in [2.24, 2.45) is 5.73 Å². The standard InChI is InChI=1S/C12H16N2O2/c13-4-6-14-5-3-9-7-10(12(15)16)1-2-11(9)8-14/h1-2,7H,3-6,8,13H2,(H,15,16). The Hall–Kier alpha value is -1.39. The first-order chi connectivity index (χ1) is 7.70. The fourth-order valence-corrected chi connectivity index (χ4v) is 2.12. The molecule has 0 saturated heterocycles. The molecule has 2 rings (SSSR count). The minimum atomic E-state index is -0.854. The first-order valence-corrected chi connectivity index (χ1v) is 5.48. The molecule has 0 aromatic heterocycles. The number of hydrogen-bond donors (Lipinski definition) is 2. The summed E-state index contributed by atoms with van der Waals surface area (Å²) >= 11 is 0. The first-order valence-electron chi connectivity index (χ1n) is 5.48. The molecule has 16 heavy (non-hydrogen) atoms. The molecule has 0 atom stereocenters. The summed E-state index contributed by atoms with van der Waals surface area (Å²) in [7, 11) is 0. The van der Waals surface area contributed by atoms with E-state index in [1.807, 2.05) is 6.07 Å². The molecule has 0 bridgehead atoms. The number of fused-ring (bicyclic) bond motifs is 1. The molecular formula is C12H16N2O2. The number of aromatic carboxylic acids is 1. The van der Waals surface area contributed by atoms with Crippen LogP contribution in [0, 0.1) is 0 Å². The van der Waals surface area contributed by atoms with Crippen LogP contribution in [0.4, 0.5) is 0 Å². The third-order valence-corrected chi connectivity index (χ3v) is 2.99. The molecule has 0 fully saturated rings. The van der Waals surface area contributed by atoms with Crippen molar-refractivity contribution in [2.45, 2.75) is 13.0 Å². The van der Waals surface area contributed by atoms with Crippen molar-refractivity contribution in [3.05, 3.63) is 34.9 Å². The Morgan fingerprint density at radius 1 is 1.44 bits per heavy atom. The van der Waals surface area contributed by atoms with Crippen LogP contribution in [0.2, 0.25) is 0 Å². The van der Waals surface area contributed by atoms with Gasteiger partial charge in [-0.05, 0) is 29.7 Å². The highest BCUT2D eigenvalue weighted by Crippen LogP contribution is 2.20. The fourth-order valence-electron chi connectivity index (χ4n) is 2.12. The summed E-state index contributed by atoms with van der Waals surface area (Å²) in [6, 6.07) is 5.38. The second-order valence-corrected chi connectivity index (χ2v) is 4.10. The van der Waals surface area contributed by atoms with E-state index in [2.05, 4.69) is 4.90 Å². The maximum absolute atomic E-state index is 10.8. The van der Waals surface area contributed by atoms with Crippen molar-refractivity contribution in [1.82, 2.24) is 4.90 Å². The van der Waals surface area contributed by atoms with E-state index in [0.717, 1.165) is 31.6 Å². The van der Waals surface area contributed by atoms with E-state index in [9.17, 15) is 4.79 Å². The van der Waals surface area contributed by atoms with E-state index in [4.69, 9.17) is 10.8 Å². The average molecular weight is 220 g/mol. The van der Waals surface area contributed by atoms with Crippen LogP contribution in [0.15, 0.2) is 18.2 Å². The summed E-state index contributed by atoms with van der Waals surface area (Å²) in [4.78, 5) is 13.1. The molecule has 1 aliphatic rings. The van der Waals surface area contributed by atoms with Gasteiger partial charge in [-0.1, -0.05) is 6.07 Å². The van der Waals surface area contributed by atoms with E-state index in [1.54, 1.807) is 12.1 Å². The van der Waals surface area contributed by atoms with Crippen molar-refractivity contribution in [3.8, 4) is 0 Å². The van der Waals surface area contributed by atoms with Crippen LogP contribution >= 0.6 is 0 Å². The molecule has 1 heterocycles. The molecule has 0 unspecified atom stereocenters. The number of hydrogen-bond acceptors (Lipinski definition) is 3.